The van der Waals surface area contributed by atoms with Gasteiger partial charge in [-0.2, -0.15) is 4.98 Å². The van der Waals surface area contributed by atoms with Gasteiger partial charge in [-0.05, 0) is 24.6 Å². The Bertz CT molecular complexity index is 730. The number of hydrogen-bond acceptors (Lipinski definition) is 6. The average Bonchev–Trinajstić information content (AvgIpc) is 2.46. The average molecular weight is 308 g/mol. The van der Waals surface area contributed by atoms with Gasteiger partial charge in [-0.1, -0.05) is 12.1 Å². The van der Waals surface area contributed by atoms with Gasteiger partial charge in [-0.3, -0.25) is 0 Å². The number of nitrogens with one attached hydrogen (secondary N) is 1. The maximum Gasteiger partial charge on any atom is 0.264 e. The molecule has 0 amide bonds. The number of aromatic nitrogens is 2. The van der Waals surface area contributed by atoms with E-state index in [0.717, 1.165) is 5.56 Å². The van der Waals surface area contributed by atoms with Crippen LogP contribution in [0.4, 0.5) is 5.95 Å². The van der Waals surface area contributed by atoms with Crippen LogP contribution in [-0.2, 0) is 16.6 Å². The number of sulfonamides is 1. The van der Waals surface area contributed by atoms with Crippen LogP contribution in [0.1, 0.15) is 11.3 Å². The molecule has 0 aliphatic carbocycles. The van der Waals surface area contributed by atoms with Crippen LogP contribution in [0.3, 0.4) is 0 Å². The molecule has 1 heterocycles. The van der Waals surface area contributed by atoms with Crippen molar-refractivity contribution in [1.82, 2.24) is 9.97 Å². The largest absolute Gasteiger partial charge is 0.481 e. The highest BCUT2D eigenvalue weighted by Crippen LogP contribution is 2.16. The fraction of sp³-hybridized carbons (Fsp3) is 0.231. The summed E-state index contributed by atoms with van der Waals surface area (Å²) in [5.41, 5.74) is 6.93. The highest BCUT2D eigenvalue weighted by atomic mass is 32.2. The number of benzene rings is 1. The van der Waals surface area contributed by atoms with Crippen molar-refractivity contribution in [2.45, 2.75) is 18.4 Å². The second-order valence-corrected chi connectivity index (χ2v) is 6.01. The lowest BCUT2D eigenvalue weighted by molar-refractivity contribution is 0.397. The lowest BCUT2D eigenvalue weighted by atomic mass is 10.2. The van der Waals surface area contributed by atoms with Gasteiger partial charge >= 0.3 is 0 Å². The van der Waals surface area contributed by atoms with Crippen molar-refractivity contribution in [2.24, 2.45) is 5.73 Å². The second-order valence-electron chi connectivity index (χ2n) is 4.33. The van der Waals surface area contributed by atoms with E-state index in [1.807, 2.05) is 0 Å². The summed E-state index contributed by atoms with van der Waals surface area (Å²) in [5.74, 6) is 0.258. The van der Waals surface area contributed by atoms with Gasteiger partial charge < -0.3 is 10.5 Å². The molecule has 0 fully saturated rings. The van der Waals surface area contributed by atoms with Crippen LogP contribution in [0.25, 0.3) is 0 Å². The Labute approximate surface area is 123 Å². The monoisotopic (exact) mass is 308 g/mol. The number of ether oxygens (including phenoxy) is 1. The molecule has 3 N–H and O–H groups in total. The minimum absolute atomic E-state index is 0.0326. The van der Waals surface area contributed by atoms with Crippen molar-refractivity contribution in [3.05, 3.63) is 41.6 Å². The molecule has 8 heteroatoms. The van der Waals surface area contributed by atoms with Crippen molar-refractivity contribution in [1.29, 1.82) is 0 Å². The summed E-state index contributed by atoms with van der Waals surface area (Å²) < 4.78 is 31.8. The molecule has 7 nitrogen and oxygen atoms in total. The van der Waals surface area contributed by atoms with E-state index in [2.05, 4.69) is 14.7 Å². The second kappa shape index (κ2) is 6.06. The highest BCUT2D eigenvalue weighted by Gasteiger charge is 2.16. The molecular formula is C13H16N4O3S. The summed E-state index contributed by atoms with van der Waals surface area (Å²) >= 11 is 0. The van der Waals surface area contributed by atoms with E-state index in [1.54, 1.807) is 25.1 Å². The van der Waals surface area contributed by atoms with E-state index in [0.29, 0.717) is 18.1 Å². The normalized spacial score (nSPS) is 11.2. The Morgan fingerprint density at radius 2 is 1.90 bits per heavy atom. The van der Waals surface area contributed by atoms with E-state index >= 15 is 0 Å². The summed E-state index contributed by atoms with van der Waals surface area (Å²) in [6, 6.07) is 7.89. The Hall–Kier alpha value is -2.19. The first kappa shape index (κ1) is 15.2. The van der Waals surface area contributed by atoms with Crippen LogP contribution in [0, 0.1) is 6.92 Å². The third-order valence-electron chi connectivity index (χ3n) is 2.73. The summed E-state index contributed by atoms with van der Waals surface area (Å²) in [4.78, 5) is 8.09. The molecule has 0 atom stereocenters. The van der Waals surface area contributed by atoms with Crippen LogP contribution in [0.2, 0.25) is 0 Å². The molecule has 2 aromatic rings. The van der Waals surface area contributed by atoms with Crippen LogP contribution in [0.15, 0.2) is 35.2 Å². The summed E-state index contributed by atoms with van der Waals surface area (Å²) in [7, 11) is -2.30. The van der Waals surface area contributed by atoms with E-state index in [-0.39, 0.29) is 10.8 Å². The van der Waals surface area contributed by atoms with E-state index in [4.69, 9.17) is 10.5 Å². The Balaban J connectivity index is 2.30. The first-order valence-electron chi connectivity index (χ1n) is 6.16. The van der Waals surface area contributed by atoms with Gasteiger partial charge in [0, 0.05) is 18.3 Å². The minimum Gasteiger partial charge on any atom is -0.481 e. The zero-order valence-corrected chi connectivity index (χ0v) is 12.5. The van der Waals surface area contributed by atoms with Gasteiger partial charge in [0.15, 0.2) is 0 Å². The number of anilines is 1. The summed E-state index contributed by atoms with van der Waals surface area (Å²) in [6.45, 7) is 2.07. The number of nitrogens with zero attached hydrogens (tertiary/aromatic N) is 2. The number of rotatable bonds is 5. The molecule has 0 saturated carbocycles. The Morgan fingerprint density at radius 3 is 2.48 bits per heavy atom. The molecule has 112 valence electrons. The number of aryl methyl sites for hydroxylation is 1. The zero-order chi connectivity index (χ0) is 15.5. The molecule has 1 aromatic heterocycles. The van der Waals surface area contributed by atoms with Crippen LogP contribution in [0.5, 0.6) is 5.88 Å². The number of methoxy groups -OCH3 is 1. The first-order valence-corrected chi connectivity index (χ1v) is 7.64. The van der Waals surface area contributed by atoms with Gasteiger partial charge in [0.2, 0.25) is 11.8 Å². The minimum atomic E-state index is -3.75. The van der Waals surface area contributed by atoms with E-state index in [1.165, 1.54) is 19.2 Å². The van der Waals surface area contributed by atoms with Gasteiger partial charge in [0.05, 0.1) is 12.0 Å². The molecule has 0 radical (unpaired) electrons. The molecule has 0 spiro atoms. The SMILES string of the molecule is COc1cc(C)nc(NS(=O)(=O)c2ccc(CN)cc2)n1. The molecule has 0 saturated heterocycles. The predicted molar refractivity (Wildman–Crippen MR) is 78.5 cm³/mol. The van der Waals surface area contributed by atoms with Crippen molar-refractivity contribution in [2.75, 3.05) is 11.8 Å². The molecular weight excluding hydrogens is 292 g/mol. The topological polar surface area (TPSA) is 107 Å². The number of hydrogen-bond donors (Lipinski definition) is 2. The highest BCUT2D eigenvalue weighted by molar-refractivity contribution is 7.92. The quantitative estimate of drug-likeness (QED) is 0.855. The molecule has 0 aliphatic heterocycles. The van der Waals surface area contributed by atoms with Crippen molar-refractivity contribution >= 4 is 16.0 Å². The lowest BCUT2D eigenvalue weighted by Crippen LogP contribution is -2.15. The standard InChI is InChI=1S/C13H16N4O3S/c1-9-7-12(20-2)16-13(15-9)17-21(18,19)11-5-3-10(8-14)4-6-11/h3-7H,8,14H2,1-2H3,(H,15,16,17). The van der Waals surface area contributed by atoms with E-state index < -0.39 is 10.0 Å². The first-order chi connectivity index (χ1) is 9.94. The van der Waals surface area contributed by atoms with Crippen molar-refractivity contribution in [3.63, 3.8) is 0 Å². The molecule has 2 rings (SSSR count). The van der Waals surface area contributed by atoms with Gasteiger partial charge in [-0.15, -0.1) is 0 Å². The molecule has 0 bridgehead atoms. The van der Waals surface area contributed by atoms with Crippen molar-refractivity contribution in [3.8, 4) is 5.88 Å². The zero-order valence-electron chi connectivity index (χ0n) is 11.7. The summed E-state index contributed by atoms with van der Waals surface area (Å²) in [5, 5.41) is 0. The van der Waals surface area contributed by atoms with Gasteiger partial charge in [0.1, 0.15) is 0 Å². The van der Waals surface area contributed by atoms with Crippen LogP contribution >= 0.6 is 0 Å². The third kappa shape index (κ3) is 3.67. The Kier molecular flexibility index (Phi) is 4.39. The molecule has 1 aromatic carbocycles. The maximum atomic E-state index is 12.2. The third-order valence-corrected chi connectivity index (χ3v) is 4.08. The molecule has 0 aliphatic rings. The Morgan fingerprint density at radius 1 is 1.24 bits per heavy atom. The molecule has 21 heavy (non-hydrogen) atoms. The summed E-state index contributed by atoms with van der Waals surface area (Å²) in [6.07, 6.45) is 0. The predicted octanol–water partition coefficient (Wildman–Crippen LogP) is 1.05. The van der Waals surface area contributed by atoms with Crippen LogP contribution < -0.4 is 15.2 Å². The lowest BCUT2D eigenvalue weighted by Gasteiger charge is -2.09. The number of nitrogens with two attached hydrogens (primary N) is 1. The molecule has 0 unspecified atom stereocenters. The van der Waals surface area contributed by atoms with Crippen LogP contribution in [-0.4, -0.2) is 25.5 Å². The maximum absolute atomic E-state index is 12.2. The van der Waals surface area contributed by atoms with E-state index in [9.17, 15) is 8.42 Å². The van der Waals surface area contributed by atoms with Crippen molar-refractivity contribution < 1.29 is 13.2 Å². The fourth-order valence-corrected chi connectivity index (χ4v) is 2.62. The van der Waals surface area contributed by atoms with Gasteiger partial charge in [0.25, 0.3) is 10.0 Å². The fourth-order valence-electron chi connectivity index (χ4n) is 1.67. The van der Waals surface area contributed by atoms with Gasteiger partial charge in [-0.25, -0.2) is 18.1 Å². The smallest absolute Gasteiger partial charge is 0.264 e.